The summed E-state index contributed by atoms with van der Waals surface area (Å²) in [5.41, 5.74) is 0. The van der Waals surface area contributed by atoms with E-state index in [2.05, 4.69) is 12.2 Å². The van der Waals surface area contributed by atoms with Crippen molar-refractivity contribution in [2.45, 2.75) is 51.4 Å². The zero-order valence-electron chi connectivity index (χ0n) is 9.71. The molecule has 0 bridgehead atoms. The number of hydrogen-bond donors (Lipinski definition) is 1. The van der Waals surface area contributed by atoms with Crippen molar-refractivity contribution in [3.05, 3.63) is 0 Å². The van der Waals surface area contributed by atoms with Crippen LogP contribution in [0, 0.1) is 5.92 Å². The van der Waals surface area contributed by atoms with Crippen molar-refractivity contribution in [1.82, 2.24) is 5.32 Å². The zero-order chi connectivity index (χ0) is 10.5. The molecule has 1 aliphatic heterocycles. The lowest BCUT2D eigenvalue weighted by atomic mass is 9.84. The Morgan fingerprint density at radius 1 is 1.13 bits per heavy atom. The quantitative estimate of drug-likeness (QED) is 0.774. The molecule has 1 saturated heterocycles. The second-order valence-corrected chi connectivity index (χ2v) is 4.77. The molecule has 0 aromatic carbocycles. The van der Waals surface area contributed by atoms with E-state index in [0.717, 1.165) is 25.7 Å². The molecule has 2 rings (SSSR count). The molecule has 1 heterocycles. The van der Waals surface area contributed by atoms with Crippen LogP contribution < -0.4 is 5.32 Å². The first kappa shape index (κ1) is 11.4. The first-order valence-corrected chi connectivity index (χ1v) is 6.33. The second-order valence-electron chi connectivity index (χ2n) is 4.77. The van der Waals surface area contributed by atoms with Gasteiger partial charge in [0.05, 0.1) is 13.2 Å². The zero-order valence-corrected chi connectivity index (χ0v) is 9.71. The van der Waals surface area contributed by atoms with Crippen molar-refractivity contribution in [2.75, 3.05) is 19.8 Å². The van der Waals surface area contributed by atoms with Gasteiger partial charge in [0.15, 0.2) is 6.29 Å². The molecule has 1 N–H and O–H groups in total. The van der Waals surface area contributed by atoms with Crippen LogP contribution >= 0.6 is 0 Å². The molecule has 1 atom stereocenters. The fourth-order valence-corrected chi connectivity index (χ4v) is 2.61. The van der Waals surface area contributed by atoms with Gasteiger partial charge in [-0.25, -0.2) is 0 Å². The third-order valence-electron chi connectivity index (χ3n) is 3.65. The Balaban J connectivity index is 1.64. The lowest BCUT2D eigenvalue weighted by Gasteiger charge is -2.29. The van der Waals surface area contributed by atoms with Gasteiger partial charge in [0, 0.05) is 12.6 Å². The number of rotatable bonds is 4. The van der Waals surface area contributed by atoms with Crippen LogP contribution in [0.15, 0.2) is 0 Å². The van der Waals surface area contributed by atoms with E-state index in [4.69, 9.17) is 9.47 Å². The molecule has 0 radical (unpaired) electrons. The molecule has 1 saturated carbocycles. The first-order chi connectivity index (χ1) is 7.36. The summed E-state index contributed by atoms with van der Waals surface area (Å²) in [6.07, 6.45) is 7.02. The van der Waals surface area contributed by atoms with Gasteiger partial charge in [-0.05, 0) is 25.7 Å². The highest BCUT2D eigenvalue weighted by Gasteiger charge is 2.22. The summed E-state index contributed by atoms with van der Waals surface area (Å²) in [6, 6.07) is 0.609. The van der Waals surface area contributed by atoms with Crippen LogP contribution in [0.4, 0.5) is 0 Å². The molecule has 0 aromatic rings. The predicted octanol–water partition coefficient (Wildman–Crippen LogP) is 1.92. The van der Waals surface area contributed by atoms with E-state index in [1.165, 1.54) is 32.1 Å². The first-order valence-electron chi connectivity index (χ1n) is 6.33. The van der Waals surface area contributed by atoms with Gasteiger partial charge in [-0.15, -0.1) is 0 Å². The maximum atomic E-state index is 5.41. The Hall–Kier alpha value is -0.120. The largest absolute Gasteiger partial charge is 0.349 e. The Kier molecular flexibility index (Phi) is 4.42. The molecule has 2 aliphatic rings. The number of nitrogens with one attached hydrogen (secondary N) is 1. The Bertz CT molecular complexity index is 174. The lowest BCUT2D eigenvalue weighted by Crippen LogP contribution is -2.39. The Morgan fingerprint density at radius 2 is 1.80 bits per heavy atom. The van der Waals surface area contributed by atoms with Crippen LogP contribution in [0.3, 0.4) is 0 Å². The molecule has 3 heteroatoms. The topological polar surface area (TPSA) is 30.5 Å². The average molecular weight is 213 g/mol. The maximum Gasteiger partial charge on any atom is 0.170 e. The van der Waals surface area contributed by atoms with Crippen molar-refractivity contribution < 1.29 is 9.47 Å². The number of ether oxygens (including phenoxy) is 2. The van der Waals surface area contributed by atoms with E-state index in [-0.39, 0.29) is 6.29 Å². The van der Waals surface area contributed by atoms with Crippen LogP contribution in [0.5, 0.6) is 0 Å². The molecule has 2 fully saturated rings. The van der Waals surface area contributed by atoms with Crippen LogP contribution in [0.25, 0.3) is 0 Å². The third kappa shape index (κ3) is 3.44. The number of hydrogen-bond acceptors (Lipinski definition) is 3. The highest BCUT2D eigenvalue weighted by Crippen LogP contribution is 2.26. The van der Waals surface area contributed by atoms with Crippen LogP contribution in [-0.2, 0) is 9.47 Å². The molecule has 0 spiro atoms. The highest BCUT2D eigenvalue weighted by atomic mass is 16.7. The minimum absolute atomic E-state index is 0.00367. The van der Waals surface area contributed by atoms with Crippen molar-refractivity contribution >= 4 is 0 Å². The van der Waals surface area contributed by atoms with E-state index in [1.807, 2.05) is 0 Å². The monoisotopic (exact) mass is 213 g/mol. The van der Waals surface area contributed by atoms with E-state index < -0.39 is 0 Å². The summed E-state index contributed by atoms with van der Waals surface area (Å²) >= 11 is 0. The molecule has 1 aliphatic carbocycles. The molecular formula is C12H23NO2. The van der Waals surface area contributed by atoms with E-state index in [1.54, 1.807) is 0 Å². The molecule has 0 aromatic heterocycles. The van der Waals surface area contributed by atoms with Gasteiger partial charge >= 0.3 is 0 Å². The maximum absolute atomic E-state index is 5.41. The van der Waals surface area contributed by atoms with E-state index >= 15 is 0 Å². The van der Waals surface area contributed by atoms with Gasteiger partial charge < -0.3 is 14.8 Å². The standard InChI is InChI=1S/C12H23NO2/c1-10(11-5-3-2-4-6-11)13-9-12-14-7-8-15-12/h10-13H,2-9H2,1H3/t10-/m0/s1. The minimum Gasteiger partial charge on any atom is -0.349 e. The smallest absolute Gasteiger partial charge is 0.170 e. The summed E-state index contributed by atoms with van der Waals surface area (Å²) < 4.78 is 10.8. The van der Waals surface area contributed by atoms with Crippen LogP contribution in [-0.4, -0.2) is 32.1 Å². The van der Waals surface area contributed by atoms with Gasteiger partial charge in [0.1, 0.15) is 0 Å². The van der Waals surface area contributed by atoms with E-state index in [0.29, 0.717) is 6.04 Å². The third-order valence-corrected chi connectivity index (χ3v) is 3.65. The molecule has 3 nitrogen and oxygen atoms in total. The van der Waals surface area contributed by atoms with E-state index in [9.17, 15) is 0 Å². The summed E-state index contributed by atoms with van der Waals surface area (Å²) in [5, 5.41) is 3.54. The average Bonchev–Trinajstić information content (AvgIpc) is 2.80. The fourth-order valence-electron chi connectivity index (χ4n) is 2.61. The van der Waals surface area contributed by atoms with Crippen molar-refractivity contribution in [2.24, 2.45) is 5.92 Å². The van der Waals surface area contributed by atoms with Crippen molar-refractivity contribution in [3.8, 4) is 0 Å². The van der Waals surface area contributed by atoms with Crippen molar-refractivity contribution in [3.63, 3.8) is 0 Å². The van der Waals surface area contributed by atoms with Gasteiger partial charge in [-0.1, -0.05) is 19.3 Å². The highest BCUT2D eigenvalue weighted by molar-refractivity contribution is 4.76. The molecule has 0 amide bonds. The fraction of sp³-hybridized carbons (Fsp3) is 1.00. The van der Waals surface area contributed by atoms with Gasteiger partial charge in [-0.3, -0.25) is 0 Å². The summed E-state index contributed by atoms with van der Waals surface area (Å²) in [4.78, 5) is 0. The Labute approximate surface area is 92.5 Å². The van der Waals surface area contributed by atoms with Crippen LogP contribution in [0.2, 0.25) is 0 Å². The van der Waals surface area contributed by atoms with Gasteiger partial charge in [-0.2, -0.15) is 0 Å². The second kappa shape index (κ2) is 5.83. The summed E-state index contributed by atoms with van der Waals surface area (Å²) in [7, 11) is 0. The molecule has 15 heavy (non-hydrogen) atoms. The summed E-state index contributed by atoms with van der Waals surface area (Å²) in [5.74, 6) is 0.861. The van der Waals surface area contributed by atoms with Crippen molar-refractivity contribution in [1.29, 1.82) is 0 Å². The SMILES string of the molecule is C[C@H](NCC1OCCO1)C1CCCCC1. The predicted molar refractivity (Wildman–Crippen MR) is 59.7 cm³/mol. The minimum atomic E-state index is -0.00367. The molecular weight excluding hydrogens is 190 g/mol. The molecule has 0 unspecified atom stereocenters. The van der Waals surface area contributed by atoms with Gasteiger partial charge in [0.25, 0.3) is 0 Å². The Morgan fingerprint density at radius 3 is 2.47 bits per heavy atom. The normalized spacial score (nSPS) is 27.0. The molecule has 88 valence electrons. The van der Waals surface area contributed by atoms with Crippen LogP contribution in [0.1, 0.15) is 39.0 Å². The van der Waals surface area contributed by atoms with Gasteiger partial charge in [0.2, 0.25) is 0 Å². The lowest BCUT2D eigenvalue weighted by molar-refractivity contribution is -0.0415. The summed E-state index contributed by atoms with van der Waals surface area (Å²) in [6.45, 7) is 4.65.